The molecule has 0 bridgehead atoms. The third kappa shape index (κ3) is 7.88. The van der Waals surface area contributed by atoms with E-state index in [1.165, 1.54) is 5.56 Å². The molecular formula is C25H33IN6O. The van der Waals surface area contributed by atoms with Crippen LogP contribution in [0.2, 0.25) is 0 Å². The molecule has 1 heterocycles. The largest absolute Gasteiger partial charge is 0.356 e. The fourth-order valence-electron chi connectivity index (χ4n) is 3.50. The maximum absolute atomic E-state index is 11.8. The predicted octanol–water partition coefficient (Wildman–Crippen LogP) is 3.50. The van der Waals surface area contributed by atoms with Crippen molar-refractivity contribution in [3.63, 3.8) is 0 Å². The van der Waals surface area contributed by atoms with Crippen LogP contribution in [0.1, 0.15) is 33.6 Å². The Kier molecular flexibility index (Phi) is 10.9. The Morgan fingerprint density at radius 2 is 1.79 bits per heavy atom. The number of guanidine groups is 1. The number of nitrogens with one attached hydrogen (secondary N) is 3. The Labute approximate surface area is 213 Å². The van der Waals surface area contributed by atoms with Gasteiger partial charge in [-0.2, -0.15) is 5.10 Å². The molecule has 0 radical (unpaired) electrons. The number of hydrogen-bond donors (Lipinski definition) is 3. The van der Waals surface area contributed by atoms with Gasteiger partial charge in [0.15, 0.2) is 5.96 Å². The monoisotopic (exact) mass is 560 g/mol. The second-order valence-corrected chi connectivity index (χ2v) is 7.58. The summed E-state index contributed by atoms with van der Waals surface area (Å²) in [6.45, 7) is 3.61. The van der Waals surface area contributed by atoms with E-state index in [2.05, 4.69) is 51.3 Å². The van der Waals surface area contributed by atoms with Crippen molar-refractivity contribution in [2.24, 2.45) is 4.99 Å². The van der Waals surface area contributed by atoms with Crippen LogP contribution < -0.4 is 16.0 Å². The summed E-state index contributed by atoms with van der Waals surface area (Å²) in [5.74, 6) is 0.714. The minimum absolute atomic E-state index is 0. The summed E-state index contributed by atoms with van der Waals surface area (Å²) in [6, 6.07) is 17.9. The Morgan fingerprint density at radius 1 is 1.03 bits per heavy atom. The number of aromatic nitrogens is 2. The summed E-state index contributed by atoms with van der Waals surface area (Å²) in [5.41, 5.74) is 5.19. The molecule has 8 heteroatoms. The van der Waals surface area contributed by atoms with Crippen molar-refractivity contribution in [2.45, 2.75) is 26.2 Å². The Hall–Kier alpha value is -2.88. The zero-order valence-corrected chi connectivity index (χ0v) is 21.8. The van der Waals surface area contributed by atoms with Gasteiger partial charge in [-0.1, -0.05) is 30.3 Å². The first kappa shape index (κ1) is 26.4. The van der Waals surface area contributed by atoms with Crippen molar-refractivity contribution in [3.05, 3.63) is 83.2 Å². The second kappa shape index (κ2) is 13.6. The third-order valence-corrected chi connectivity index (χ3v) is 5.28. The lowest BCUT2D eigenvalue weighted by molar-refractivity contribution is 0.0963. The molecule has 7 nitrogen and oxygen atoms in total. The van der Waals surface area contributed by atoms with E-state index in [0.29, 0.717) is 5.56 Å². The Balaban J connectivity index is 0.00000385. The van der Waals surface area contributed by atoms with Crippen molar-refractivity contribution in [3.8, 4) is 5.69 Å². The van der Waals surface area contributed by atoms with Crippen molar-refractivity contribution in [2.75, 3.05) is 27.2 Å². The number of para-hydroxylation sites is 1. The SMILES string of the molecule is CN=C(NCCCc1cn(-c2ccccc2)nc1C)NCCc1cccc(C(=O)NC)c1.I. The lowest BCUT2D eigenvalue weighted by Gasteiger charge is -2.12. The average Bonchev–Trinajstić information content (AvgIpc) is 3.21. The van der Waals surface area contributed by atoms with E-state index in [1.807, 2.05) is 47.1 Å². The van der Waals surface area contributed by atoms with Crippen molar-refractivity contribution >= 4 is 35.8 Å². The van der Waals surface area contributed by atoms with E-state index in [4.69, 9.17) is 0 Å². The molecule has 1 aromatic heterocycles. The minimum Gasteiger partial charge on any atom is -0.356 e. The second-order valence-electron chi connectivity index (χ2n) is 7.58. The molecule has 3 N–H and O–H groups in total. The van der Waals surface area contributed by atoms with Crippen molar-refractivity contribution in [1.82, 2.24) is 25.7 Å². The van der Waals surface area contributed by atoms with E-state index in [9.17, 15) is 4.79 Å². The first-order chi connectivity index (χ1) is 15.6. The van der Waals surface area contributed by atoms with E-state index in [1.54, 1.807) is 14.1 Å². The maximum Gasteiger partial charge on any atom is 0.251 e. The summed E-state index contributed by atoms with van der Waals surface area (Å²) < 4.78 is 1.94. The molecule has 0 saturated carbocycles. The molecule has 0 saturated heterocycles. The zero-order valence-electron chi connectivity index (χ0n) is 19.5. The normalized spacial score (nSPS) is 10.9. The predicted molar refractivity (Wildman–Crippen MR) is 145 cm³/mol. The zero-order chi connectivity index (χ0) is 22.8. The van der Waals surface area contributed by atoms with Gasteiger partial charge in [-0.05, 0) is 61.6 Å². The summed E-state index contributed by atoms with van der Waals surface area (Å²) >= 11 is 0. The van der Waals surface area contributed by atoms with Gasteiger partial charge in [0, 0.05) is 38.9 Å². The van der Waals surface area contributed by atoms with Crippen LogP contribution in [-0.2, 0) is 12.8 Å². The van der Waals surface area contributed by atoms with Gasteiger partial charge in [0.05, 0.1) is 11.4 Å². The molecule has 0 unspecified atom stereocenters. The number of rotatable bonds is 9. The van der Waals surface area contributed by atoms with E-state index >= 15 is 0 Å². The molecule has 0 fully saturated rings. The van der Waals surface area contributed by atoms with Crippen LogP contribution in [0.4, 0.5) is 0 Å². The standard InChI is InChI=1S/C25H32N6O.HI/c1-19-22(18-31(30-19)23-12-5-4-6-13-23)11-8-15-28-25(27-3)29-16-14-20-9-7-10-21(17-20)24(32)26-2;/h4-7,9-10,12-13,17-18H,8,11,14-16H2,1-3H3,(H,26,32)(H2,27,28,29);1H. The number of nitrogens with zero attached hydrogens (tertiary/aromatic N) is 3. The highest BCUT2D eigenvalue weighted by atomic mass is 127. The van der Waals surface area contributed by atoms with Gasteiger partial charge >= 0.3 is 0 Å². The van der Waals surface area contributed by atoms with Gasteiger partial charge in [-0.15, -0.1) is 24.0 Å². The summed E-state index contributed by atoms with van der Waals surface area (Å²) in [7, 11) is 3.42. The molecule has 33 heavy (non-hydrogen) atoms. The molecule has 0 spiro atoms. The van der Waals surface area contributed by atoms with Gasteiger partial charge in [0.1, 0.15) is 0 Å². The molecule has 0 aliphatic rings. The molecular weight excluding hydrogens is 527 g/mol. The van der Waals surface area contributed by atoms with Gasteiger partial charge in [-0.25, -0.2) is 4.68 Å². The first-order valence-electron chi connectivity index (χ1n) is 11.0. The summed E-state index contributed by atoms with van der Waals surface area (Å²) in [4.78, 5) is 16.1. The molecule has 0 aliphatic heterocycles. The van der Waals surface area contributed by atoms with Crippen LogP contribution in [-0.4, -0.2) is 48.8 Å². The van der Waals surface area contributed by atoms with Crippen LogP contribution >= 0.6 is 24.0 Å². The summed E-state index contributed by atoms with van der Waals surface area (Å²) in [6.07, 6.45) is 4.86. The lowest BCUT2D eigenvalue weighted by Crippen LogP contribution is -2.38. The van der Waals surface area contributed by atoms with Gasteiger partial charge in [0.25, 0.3) is 5.91 Å². The van der Waals surface area contributed by atoms with Crippen LogP contribution in [0.25, 0.3) is 5.69 Å². The third-order valence-electron chi connectivity index (χ3n) is 5.28. The number of carbonyl (C=O) groups excluding carboxylic acids is 1. The number of halogens is 1. The number of amides is 1. The van der Waals surface area contributed by atoms with Gasteiger partial charge in [-0.3, -0.25) is 9.79 Å². The lowest BCUT2D eigenvalue weighted by atomic mass is 10.1. The number of benzene rings is 2. The number of aliphatic imine (C=N–C) groups is 1. The van der Waals surface area contributed by atoms with Crippen molar-refractivity contribution in [1.29, 1.82) is 0 Å². The first-order valence-corrected chi connectivity index (χ1v) is 11.0. The number of aryl methyl sites for hydroxylation is 2. The minimum atomic E-state index is -0.0677. The average molecular weight is 560 g/mol. The molecule has 1 amide bonds. The van der Waals surface area contributed by atoms with Crippen LogP contribution in [0.15, 0.2) is 65.8 Å². The highest BCUT2D eigenvalue weighted by Crippen LogP contribution is 2.13. The smallest absolute Gasteiger partial charge is 0.251 e. The highest BCUT2D eigenvalue weighted by molar-refractivity contribution is 14.0. The van der Waals surface area contributed by atoms with E-state index in [-0.39, 0.29) is 29.9 Å². The molecule has 176 valence electrons. The number of carbonyl (C=O) groups is 1. The molecule has 3 rings (SSSR count). The molecule has 2 aromatic carbocycles. The fourth-order valence-corrected chi connectivity index (χ4v) is 3.50. The van der Waals surface area contributed by atoms with E-state index in [0.717, 1.165) is 55.3 Å². The maximum atomic E-state index is 11.8. The van der Waals surface area contributed by atoms with Crippen LogP contribution in [0, 0.1) is 6.92 Å². The summed E-state index contributed by atoms with van der Waals surface area (Å²) in [5, 5.41) is 14.0. The van der Waals surface area contributed by atoms with Gasteiger partial charge < -0.3 is 16.0 Å². The quantitative estimate of drug-likeness (QED) is 0.162. The highest BCUT2D eigenvalue weighted by Gasteiger charge is 2.07. The Bertz CT molecular complexity index is 1050. The fraction of sp³-hybridized carbons (Fsp3) is 0.320. The molecule has 0 aliphatic carbocycles. The van der Waals surface area contributed by atoms with Gasteiger partial charge in [0.2, 0.25) is 0 Å². The molecule has 0 atom stereocenters. The van der Waals surface area contributed by atoms with Crippen LogP contribution in [0.5, 0.6) is 0 Å². The van der Waals surface area contributed by atoms with E-state index < -0.39 is 0 Å². The molecule has 3 aromatic rings. The van der Waals surface area contributed by atoms with Crippen molar-refractivity contribution < 1.29 is 4.79 Å². The number of hydrogen-bond acceptors (Lipinski definition) is 3. The Morgan fingerprint density at radius 3 is 2.52 bits per heavy atom. The van der Waals surface area contributed by atoms with Crippen LogP contribution in [0.3, 0.4) is 0 Å². The topological polar surface area (TPSA) is 83.3 Å².